The summed E-state index contributed by atoms with van der Waals surface area (Å²) in [7, 11) is 0. The van der Waals surface area contributed by atoms with Crippen LogP contribution >= 0.6 is 0 Å². The number of carbonyl (C=O) groups is 1. The standard InChI is InChI=1S/C27H28F3NO4/c1-17(2)31-16-25(35-26(32)27(28,29)30)20-9-14-23(33-21-10-5-18(3)6-11-21)24(15-20)34-22-12-7-19(4)8-13-22/h5-15,17,25,31H,16H2,1-4H3. The highest BCUT2D eigenvalue weighted by Crippen LogP contribution is 2.38. The fourth-order valence-electron chi connectivity index (χ4n) is 3.12. The molecule has 35 heavy (non-hydrogen) atoms. The van der Waals surface area contributed by atoms with Crippen LogP contribution in [0.2, 0.25) is 0 Å². The van der Waals surface area contributed by atoms with E-state index in [1.165, 1.54) is 6.07 Å². The van der Waals surface area contributed by atoms with Gasteiger partial charge in [-0.3, -0.25) is 0 Å². The molecule has 186 valence electrons. The molecule has 0 aromatic heterocycles. The molecule has 0 aliphatic heterocycles. The predicted octanol–water partition coefficient (Wildman–Crippen LogP) is 7.03. The van der Waals surface area contributed by atoms with Gasteiger partial charge in [0.15, 0.2) is 11.5 Å². The molecule has 8 heteroatoms. The Morgan fingerprint density at radius 1 is 0.829 bits per heavy atom. The van der Waals surface area contributed by atoms with Gasteiger partial charge in [0, 0.05) is 12.6 Å². The summed E-state index contributed by atoms with van der Waals surface area (Å²) in [6, 6.07) is 19.3. The minimum absolute atomic E-state index is 0.0123. The van der Waals surface area contributed by atoms with Gasteiger partial charge < -0.3 is 19.5 Å². The van der Waals surface area contributed by atoms with E-state index in [-0.39, 0.29) is 18.3 Å². The first kappa shape index (κ1) is 26.1. The minimum Gasteiger partial charge on any atom is -0.453 e. The summed E-state index contributed by atoms with van der Waals surface area (Å²) in [6.07, 6.45) is -6.30. The number of esters is 1. The average molecular weight is 488 g/mol. The molecule has 0 fully saturated rings. The summed E-state index contributed by atoms with van der Waals surface area (Å²) < 4.78 is 55.6. The molecule has 0 bridgehead atoms. The third-order valence-electron chi connectivity index (χ3n) is 5.03. The van der Waals surface area contributed by atoms with Crippen LogP contribution in [0.4, 0.5) is 13.2 Å². The highest BCUT2D eigenvalue weighted by molar-refractivity contribution is 5.76. The Labute approximate surface area is 202 Å². The summed E-state index contributed by atoms with van der Waals surface area (Å²) in [6.45, 7) is 7.57. The Bertz CT molecular complexity index is 1130. The number of benzene rings is 3. The van der Waals surface area contributed by atoms with Crippen LogP contribution in [0.25, 0.3) is 0 Å². The fraction of sp³-hybridized carbons (Fsp3) is 0.296. The van der Waals surface area contributed by atoms with Gasteiger partial charge in [-0.15, -0.1) is 0 Å². The van der Waals surface area contributed by atoms with E-state index in [0.717, 1.165) is 11.1 Å². The quantitative estimate of drug-likeness (QED) is 0.328. The Hall–Kier alpha value is -3.52. The van der Waals surface area contributed by atoms with Crippen molar-refractivity contribution in [3.63, 3.8) is 0 Å². The topological polar surface area (TPSA) is 56.8 Å². The molecule has 0 amide bonds. The van der Waals surface area contributed by atoms with Crippen LogP contribution in [-0.4, -0.2) is 24.7 Å². The number of carbonyl (C=O) groups excluding carboxylic acids is 1. The summed E-state index contributed by atoms with van der Waals surface area (Å²) in [5.74, 6) is -0.543. The van der Waals surface area contributed by atoms with Crippen LogP contribution in [0, 0.1) is 13.8 Å². The molecule has 0 saturated carbocycles. The molecule has 0 spiro atoms. The maximum absolute atomic E-state index is 12.9. The lowest BCUT2D eigenvalue weighted by Crippen LogP contribution is -2.33. The lowest BCUT2D eigenvalue weighted by molar-refractivity contribution is -0.205. The van der Waals surface area contributed by atoms with Gasteiger partial charge in [-0.1, -0.05) is 55.3 Å². The van der Waals surface area contributed by atoms with E-state index >= 15 is 0 Å². The van der Waals surface area contributed by atoms with E-state index in [9.17, 15) is 18.0 Å². The van der Waals surface area contributed by atoms with Gasteiger partial charge in [0.2, 0.25) is 0 Å². The third kappa shape index (κ3) is 7.75. The first-order valence-corrected chi connectivity index (χ1v) is 11.2. The molecule has 3 aromatic carbocycles. The van der Waals surface area contributed by atoms with Crippen molar-refractivity contribution in [2.75, 3.05) is 6.54 Å². The van der Waals surface area contributed by atoms with Crippen molar-refractivity contribution in [2.24, 2.45) is 0 Å². The normalized spacial score (nSPS) is 12.3. The van der Waals surface area contributed by atoms with Crippen molar-refractivity contribution < 1.29 is 32.2 Å². The van der Waals surface area contributed by atoms with E-state index < -0.39 is 18.2 Å². The van der Waals surface area contributed by atoms with E-state index in [0.29, 0.717) is 22.8 Å². The number of aryl methyl sites for hydroxylation is 2. The Morgan fingerprint density at radius 3 is 1.83 bits per heavy atom. The molecular formula is C27H28F3NO4. The first-order valence-electron chi connectivity index (χ1n) is 11.2. The van der Waals surface area contributed by atoms with Crippen LogP contribution in [0.1, 0.15) is 36.6 Å². The SMILES string of the molecule is Cc1ccc(Oc2ccc(C(CNC(C)C)OC(=O)C(F)(F)F)cc2Oc2ccc(C)cc2)cc1. The second-order valence-corrected chi connectivity index (χ2v) is 8.49. The zero-order chi connectivity index (χ0) is 25.6. The van der Waals surface area contributed by atoms with E-state index in [2.05, 4.69) is 5.32 Å². The first-order chi connectivity index (χ1) is 16.5. The molecule has 3 aromatic rings. The van der Waals surface area contributed by atoms with Crippen LogP contribution in [0.5, 0.6) is 23.0 Å². The van der Waals surface area contributed by atoms with Gasteiger partial charge in [-0.2, -0.15) is 13.2 Å². The molecule has 0 heterocycles. The monoisotopic (exact) mass is 487 g/mol. The summed E-state index contributed by atoms with van der Waals surface area (Å²) in [5.41, 5.74) is 2.44. The third-order valence-corrected chi connectivity index (χ3v) is 5.03. The average Bonchev–Trinajstić information content (AvgIpc) is 2.80. The highest BCUT2D eigenvalue weighted by atomic mass is 19.4. The van der Waals surface area contributed by atoms with Crippen molar-refractivity contribution in [3.05, 3.63) is 83.4 Å². The molecular weight excluding hydrogens is 459 g/mol. The van der Waals surface area contributed by atoms with E-state index in [1.807, 2.05) is 52.0 Å². The molecule has 1 atom stereocenters. The molecule has 0 saturated heterocycles. The predicted molar refractivity (Wildman–Crippen MR) is 127 cm³/mol. The van der Waals surface area contributed by atoms with Crippen molar-refractivity contribution in [1.82, 2.24) is 5.32 Å². The van der Waals surface area contributed by atoms with Gasteiger partial charge >= 0.3 is 12.1 Å². The molecule has 1 N–H and O–H groups in total. The molecule has 0 radical (unpaired) electrons. The van der Waals surface area contributed by atoms with Gasteiger partial charge in [0.1, 0.15) is 17.6 Å². The Kier molecular flexibility index (Phi) is 8.40. The van der Waals surface area contributed by atoms with Gasteiger partial charge in [0.05, 0.1) is 0 Å². The number of hydrogen-bond donors (Lipinski definition) is 1. The van der Waals surface area contributed by atoms with E-state index in [4.69, 9.17) is 14.2 Å². The van der Waals surface area contributed by atoms with Gasteiger partial charge in [-0.05, 0) is 55.8 Å². The minimum atomic E-state index is -5.11. The largest absolute Gasteiger partial charge is 0.490 e. The number of halogens is 3. The lowest BCUT2D eigenvalue weighted by Gasteiger charge is -2.22. The molecule has 5 nitrogen and oxygen atoms in total. The summed E-state index contributed by atoms with van der Waals surface area (Å²) >= 11 is 0. The van der Waals surface area contributed by atoms with Crippen molar-refractivity contribution in [2.45, 2.75) is 46.0 Å². The van der Waals surface area contributed by atoms with Crippen LogP contribution in [-0.2, 0) is 9.53 Å². The number of nitrogens with one attached hydrogen (secondary N) is 1. The molecule has 3 rings (SSSR count). The van der Waals surface area contributed by atoms with Gasteiger partial charge in [-0.25, -0.2) is 4.79 Å². The Morgan fingerprint density at radius 2 is 1.34 bits per heavy atom. The fourth-order valence-corrected chi connectivity index (χ4v) is 3.12. The van der Waals surface area contributed by atoms with Crippen molar-refractivity contribution in [1.29, 1.82) is 0 Å². The number of rotatable bonds is 9. The molecule has 1 unspecified atom stereocenters. The van der Waals surface area contributed by atoms with Crippen molar-refractivity contribution in [3.8, 4) is 23.0 Å². The number of hydrogen-bond acceptors (Lipinski definition) is 5. The summed E-state index contributed by atoms with van der Waals surface area (Å²) in [4.78, 5) is 11.6. The van der Waals surface area contributed by atoms with Crippen molar-refractivity contribution >= 4 is 5.97 Å². The number of ether oxygens (including phenoxy) is 3. The zero-order valence-electron chi connectivity index (χ0n) is 20.0. The maximum atomic E-state index is 12.9. The molecule has 0 aliphatic carbocycles. The second kappa shape index (κ2) is 11.3. The number of alkyl halides is 3. The maximum Gasteiger partial charge on any atom is 0.490 e. The van der Waals surface area contributed by atoms with Crippen LogP contribution in [0.15, 0.2) is 66.7 Å². The smallest absolute Gasteiger partial charge is 0.453 e. The lowest BCUT2D eigenvalue weighted by atomic mass is 10.1. The molecule has 0 aliphatic rings. The second-order valence-electron chi connectivity index (χ2n) is 8.49. The van der Waals surface area contributed by atoms with Gasteiger partial charge in [0.25, 0.3) is 0 Å². The Balaban J connectivity index is 1.97. The summed E-state index contributed by atoms with van der Waals surface area (Å²) in [5, 5.41) is 3.02. The zero-order valence-corrected chi connectivity index (χ0v) is 20.0. The van der Waals surface area contributed by atoms with E-state index in [1.54, 1.807) is 36.4 Å². The van der Waals surface area contributed by atoms with Crippen LogP contribution < -0.4 is 14.8 Å². The highest BCUT2D eigenvalue weighted by Gasteiger charge is 2.42. The van der Waals surface area contributed by atoms with Crippen LogP contribution in [0.3, 0.4) is 0 Å².